The van der Waals surface area contributed by atoms with E-state index in [9.17, 15) is 4.79 Å². The van der Waals surface area contributed by atoms with Crippen LogP contribution in [0.25, 0.3) is 0 Å². The third-order valence-electron chi connectivity index (χ3n) is 4.95. The monoisotopic (exact) mass is 331 g/mol. The summed E-state index contributed by atoms with van der Waals surface area (Å²) >= 11 is 0. The summed E-state index contributed by atoms with van der Waals surface area (Å²) < 4.78 is 6.13. The number of benzene rings is 1. The fourth-order valence-electron chi connectivity index (χ4n) is 3.77. The highest BCUT2D eigenvalue weighted by atomic mass is 16.5. The Morgan fingerprint density at radius 3 is 2.83 bits per heavy atom. The number of ether oxygens (including phenoxy) is 1. The van der Waals surface area contributed by atoms with Gasteiger partial charge >= 0.3 is 0 Å². The molecule has 0 radical (unpaired) electrons. The van der Waals surface area contributed by atoms with E-state index < -0.39 is 0 Å². The highest BCUT2D eigenvalue weighted by Gasteiger charge is 2.26. The van der Waals surface area contributed by atoms with E-state index in [0.29, 0.717) is 12.6 Å². The number of hydrogen-bond acceptors (Lipinski definition) is 4. The number of anilines is 1. The standard InChI is InChI=1S/C19H29N3O2/c1-3-22-13-16(24-18-11-7-6-10-17(18)22)12-21(2)14-19(23)20-15-8-4-5-9-15/h6-7,10-11,15-16H,3-5,8-9,12-14H2,1-2H3,(H,20,23)/t16-/m0/s1. The van der Waals surface area contributed by atoms with Crippen LogP contribution < -0.4 is 15.0 Å². The summed E-state index contributed by atoms with van der Waals surface area (Å²) in [6.07, 6.45) is 4.82. The molecule has 3 rings (SSSR count). The lowest BCUT2D eigenvalue weighted by Crippen LogP contribution is -2.48. The average Bonchev–Trinajstić information content (AvgIpc) is 3.06. The summed E-state index contributed by atoms with van der Waals surface area (Å²) in [5.41, 5.74) is 1.16. The lowest BCUT2D eigenvalue weighted by Gasteiger charge is -2.37. The van der Waals surface area contributed by atoms with E-state index in [1.165, 1.54) is 12.8 Å². The second kappa shape index (κ2) is 7.88. The van der Waals surface area contributed by atoms with Gasteiger partial charge in [-0.2, -0.15) is 0 Å². The van der Waals surface area contributed by atoms with E-state index in [1.807, 2.05) is 25.2 Å². The largest absolute Gasteiger partial charge is 0.485 e. The van der Waals surface area contributed by atoms with Gasteiger partial charge in [0.2, 0.25) is 5.91 Å². The molecule has 0 bridgehead atoms. The Morgan fingerprint density at radius 1 is 1.33 bits per heavy atom. The molecule has 1 aromatic rings. The first-order valence-electron chi connectivity index (χ1n) is 9.14. The topological polar surface area (TPSA) is 44.8 Å². The lowest BCUT2D eigenvalue weighted by molar-refractivity contribution is -0.122. The van der Waals surface area contributed by atoms with Crippen LogP contribution in [-0.4, -0.2) is 56.2 Å². The second-order valence-corrected chi connectivity index (χ2v) is 6.99. The molecule has 1 atom stereocenters. The van der Waals surface area contributed by atoms with Gasteiger partial charge in [0.15, 0.2) is 0 Å². The van der Waals surface area contributed by atoms with Gasteiger partial charge in [-0.25, -0.2) is 0 Å². The molecule has 1 amide bonds. The Balaban J connectivity index is 1.51. The van der Waals surface area contributed by atoms with Gasteiger partial charge in [-0.05, 0) is 38.9 Å². The number of carbonyl (C=O) groups is 1. The quantitative estimate of drug-likeness (QED) is 0.868. The first-order chi connectivity index (χ1) is 11.7. The zero-order valence-electron chi connectivity index (χ0n) is 14.8. The molecule has 0 saturated heterocycles. The Kier molecular flexibility index (Phi) is 5.61. The van der Waals surface area contributed by atoms with Gasteiger partial charge in [-0.15, -0.1) is 0 Å². The number of amides is 1. The Hall–Kier alpha value is -1.75. The van der Waals surface area contributed by atoms with E-state index >= 15 is 0 Å². The van der Waals surface area contributed by atoms with E-state index in [0.717, 1.165) is 43.9 Å². The summed E-state index contributed by atoms with van der Waals surface area (Å²) in [4.78, 5) is 16.6. The first-order valence-corrected chi connectivity index (χ1v) is 9.14. The fourth-order valence-corrected chi connectivity index (χ4v) is 3.77. The van der Waals surface area contributed by atoms with Crippen molar-refractivity contribution in [3.05, 3.63) is 24.3 Å². The van der Waals surface area contributed by atoms with E-state index in [2.05, 4.69) is 28.1 Å². The van der Waals surface area contributed by atoms with Crippen LogP contribution in [0.4, 0.5) is 5.69 Å². The zero-order valence-corrected chi connectivity index (χ0v) is 14.8. The number of fused-ring (bicyclic) bond motifs is 1. The van der Waals surface area contributed by atoms with Crippen LogP contribution >= 0.6 is 0 Å². The molecule has 0 aromatic heterocycles. The second-order valence-electron chi connectivity index (χ2n) is 6.99. The van der Waals surface area contributed by atoms with E-state index in [-0.39, 0.29) is 12.0 Å². The molecule has 5 heteroatoms. The minimum Gasteiger partial charge on any atom is -0.485 e. The smallest absolute Gasteiger partial charge is 0.234 e. The number of hydrogen-bond donors (Lipinski definition) is 1. The van der Waals surface area contributed by atoms with Crippen LogP contribution in [-0.2, 0) is 4.79 Å². The molecule has 1 aromatic carbocycles. The predicted molar refractivity (Wildman–Crippen MR) is 96.6 cm³/mol. The third-order valence-corrected chi connectivity index (χ3v) is 4.95. The van der Waals surface area contributed by atoms with Crippen LogP contribution in [0.1, 0.15) is 32.6 Å². The first kappa shape index (κ1) is 17.1. The molecule has 5 nitrogen and oxygen atoms in total. The highest BCUT2D eigenvalue weighted by molar-refractivity contribution is 5.78. The molecule has 132 valence electrons. The maximum atomic E-state index is 12.2. The van der Waals surface area contributed by atoms with Crippen LogP contribution in [0.5, 0.6) is 5.75 Å². The number of nitrogens with zero attached hydrogens (tertiary/aromatic N) is 2. The SMILES string of the molecule is CCN1C[C@H](CN(C)CC(=O)NC2CCCC2)Oc2ccccc21. The van der Waals surface area contributed by atoms with Gasteiger partial charge in [-0.3, -0.25) is 9.69 Å². The van der Waals surface area contributed by atoms with Gasteiger partial charge in [0, 0.05) is 19.1 Å². The van der Waals surface area contributed by atoms with Crippen molar-refractivity contribution in [2.75, 3.05) is 38.1 Å². The van der Waals surface area contributed by atoms with Crippen molar-refractivity contribution in [2.24, 2.45) is 0 Å². The van der Waals surface area contributed by atoms with Crippen molar-refractivity contribution < 1.29 is 9.53 Å². The predicted octanol–water partition coefficient (Wildman–Crippen LogP) is 2.26. The molecule has 2 aliphatic rings. The normalized spacial score (nSPS) is 20.8. The molecule has 1 aliphatic carbocycles. The molecule has 0 unspecified atom stereocenters. The molecule has 1 fully saturated rings. The minimum atomic E-state index is 0.0872. The summed E-state index contributed by atoms with van der Waals surface area (Å²) in [7, 11) is 1.99. The van der Waals surface area contributed by atoms with Gasteiger partial charge < -0.3 is 15.0 Å². The van der Waals surface area contributed by atoms with Crippen molar-refractivity contribution in [2.45, 2.75) is 44.8 Å². The maximum Gasteiger partial charge on any atom is 0.234 e. The number of rotatable bonds is 6. The average molecular weight is 331 g/mol. The van der Waals surface area contributed by atoms with Crippen molar-refractivity contribution in [3.63, 3.8) is 0 Å². The molecular weight excluding hydrogens is 302 g/mol. The minimum absolute atomic E-state index is 0.0872. The van der Waals surface area contributed by atoms with E-state index in [4.69, 9.17) is 4.74 Å². The van der Waals surface area contributed by atoms with Crippen molar-refractivity contribution in [1.82, 2.24) is 10.2 Å². The summed E-state index contributed by atoms with van der Waals surface area (Å²) in [5.74, 6) is 1.08. The molecule has 1 heterocycles. The Labute approximate surface area is 145 Å². The number of nitrogens with one attached hydrogen (secondary N) is 1. The molecule has 0 spiro atoms. The third kappa shape index (κ3) is 4.20. The zero-order chi connectivity index (χ0) is 16.9. The summed E-state index contributed by atoms with van der Waals surface area (Å²) in [5, 5.41) is 3.15. The highest BCUT2D eigenvalue weighted by Crippen LogP contribution is 2.32. The fraction of sp³-hybridized carbons (Fsp3) is 0.632. The van der Waals surface area contributed by atoms with Gasteiger partial charge in [0.05, 0.1) is 18.8 Å². The number of carbonyl (C=O) groups excluding carboxylic acids is 1. The maximum absolute atomic E-state index is 12.2. The molecular formula is C19H29N3O2. The summed E-state index contributed by atoms with van der Waals surface area (Å²) in [6.45, 7) is 5.18. The summed E-state index contributed by atoms with van der Waals surface area (Å²) in [6, 6.07) is 8.57. The lowest BCUT2D eigenvalue weighted by atomic mass is 10.2. The van der Waals surface area contributed by atoms with Gasteiger partial charge in [-0.1, -0.05) is 25.0 Å². The molecule has 1 N–H and O–H groups in total. The number of likely N-dealkylation sites (N-methyl/N-ethyl adjacent to an activating group) is 2. The van der Waals surface area contributed by atoms with Gasteiger partial charge in [0.25, 0.3) is 0 Å². The van der Waals surface area contributed by atoms with Gasteiger partial charge in [0.1, 0.15) is 11.9 Å². The van der Waals surface area contributed by atoms with Crippen LogP contribution in [0.15, 0.2) is 24.3 Å². The molecule has 24 heavy (non-hydrogen) atoms. The number of para-hydroxylation sites is 2. The van der Waals surface area contributed by atoms with Crippen molar-refractivity contribution >= 4 is 11.6 Å². The van der Waals surface area contributed by atoms with Crippen LogP contribution in [0.2, 0.25) is 0 Å². The van der Waals surface area contributed by atoms with Crippen LogP contribution in [0.3, 0.4) is 0 Å². The van der Waals surface area contributed by atoms with Crippen LogP contribution in [0, 0.1) is 0 Å². The molecule has 1 aliphatic heterocycles. The van der Waals surface area contributed by atoms with Crippen molar-refractivity contribution in [1.29, 1.82) is 0 Å². The van der Waals surface area contributed by atoms with Crippen molar-refractivity contribution in [3.8, 4) is 5.75 Å². The Morgan fingerprint density at radius 2 is 2.08 bits per heavy atom. The Bertz CT molecular complexity index is 557. The van der Waals surface area contributed by atoms with E-state index in [1.54, 1.807) is 0 Å². The molecule has 1 saturated carbocycles.